The average molecular weight is 1340 g/mol. The molecule has 1 aliphatic carbocycles. The van der Waals surface area contributed by atoms with Crippen LogP contribution in [-0.4, -0.2) is 179 Å². The number of likely N-dealkylation sites (N-methyl/N-ethyl adjacent to an activating group) is 1. The number of cyclic esters (lactones) is 1. The minimum atomic E-state index is -4.23. The van der Waals surface area contributed by atoms with Crippen LogP contribution in [0, 0.1) is 29.6 Å². The first kappa shape index (κ1) is 85.4. The van der Waals surface area contributed by atoms with Crippen LogP contribution in [0.15, 0.2) is 12.2 Å². The van der Waals surface area contributed by atoms with Gasteiger partial charge in [-0.15, -0.1) is 0 Å². The number of aliphatic hydroxyl groups is 4. The lowest BCUT2D eigenvalue weighted by atomic mass is 9.74. The molecule has 0 saturated carbocycles. The number of aliphatic hydroxyl groups excluding tert-OH is 2. The molecule has 4 rings (SSSR count). The third-order valence-corrected chi connectivity index (χ3v) is 19.9. The molecule has 0 aromatic carbocycles. The fourth-order valence-electron chi connectivity index (χ4n) is 13.5. The molecule has 0 amide bonds. The molecular formula is C70H129NO20S. The summed E-state index contributed by atoms with van der Waals surface area (Å²) < 4.78 is 76.6. The zero-order valence-corrected chi connectivity index (χ0v) is 60.2. The molecule has 6 N–H and O–H groups in total. The summed E-state index contributed by atoms with van der Waals surface area (Å²) in [6.07, 6.45) is 24.1. The van der Waals surface area contributed by atoms with E-state index in [1.54, 1.807) is 48.5 Å². The predicted molar refractivity (Wildman–Crippen MR) is 355 cm³/mol. The second-order valence-corrected chi connectivity index (χ2v) is 29.0. The first-order valence-corrected chi connectivity index (χ1v) is 36.7. The smallest absolute Gasteiger partial charge is 0.397 e. The topological polar surface area (TPSA) is 301 Å². The molecule has 92 heavy (non-hydrogen) atoms. The lowest BCUT2D eigenvalue weighted by Crippen LogP contribution is -2.61. The van der Waals surface area contributed by atoms with Gasteiger partial charge >= 0.3 is 28.3 Å². The number of rotatable bonds is 34. The van der Waals surface area contributed by atoms with Crippen molar-refractivity contribution in [2.45, 2.75) is 354 Å². The summed E-state index contributed by atoms with van der Waals surface area (Å²) in [5, 5.41) is 55.1. The molecule has 21 nitrogen and oxygen atoms in total. The third-order valence-electron chi connectivity index (χ3n) is 19.4. The second-order valence-electron chi connectivity index (χ2n) is 28.0. The minimum absolute atomic E-state index is 0.0760. The Morgan fingerprint density at radius 2 is 1.28 bits per heavy atom. The third kappa shape index (κ3) is 30.4. The van der Waals surface area contributed by atoms with E-state index in [-0.39, 0.29) is 44.4 Å². The van der Waals surface area contributed by atoms with Gasteiger partial charge < -0.3 is 63.6 Å². The van der Waals surface area contributed by atoms with E-state index >= 15 is 0 Å². The van der Waals surface area contributed by atoms with Crippen molar-refractivity contribution in [1.82, 2.24) is 4.90 Å². The van der Waals surface area contributed by atoms with Crippen LogP contribution in [0.4, 0.5) is 0 Å². The fraction of sp³-hybridized carbons (Fsp3) is 0.914. The fourth-order valence-corrected chi connectivity index (χ4v) is 13.9. The van der Waals surface area contributed by atoms with Crippen molar-refractivity contribution >= 4 is 34.1 Å². The molecular weight excluding hydrogens is 1210 g/mol. The number of carbonyl (C=O) groups excluding carboxylic acids is 3. The number of esters is 2. The Labute approximate surface area is 554 Å². The quantitative estimate of drug-likeness (QED) is 0.0151. The molecule has 3 saturated heterocycles. The standard InChI is InChI=1S/C40H71NO14.C18H32O2.C12H26O4S/c1-15-27-40(11,48)33(44)22(5)30(43)20(3)18-38(9,47)35(55-37-32(53-28(42)16-2)26(41(12)13)17-21(4)50-37)23(6)31(24(7)36(46)52-27)54-29-19-39(10,49-14)34(45)25(8)51-29;19-18(20)16-10-8-6-4-2-1-3-5-7-9-13-17-14-11-12-15-17;1-2-3-4-5-6-7-8-9-10-11-12-16-17(13,14)15/h20-27,29,31-35,37,44-45,47-48H,15-19H2,1-14H3;11,14,17H,1-10,12-13,15-16H2,(H,19,20);2-12H2,1H3,(H,13,14,15). The molecule has 0 bridgehead atoms. The van der Waals surface area contributed by atoms with Crippen LogP contribution >= 0.6 is 0 Å². The van der Waals surface area contributed by atoms with E-state index in [0.717, 1.165) is 31.6 Å². The number of unbranched alkanes of at least 4 members (excludes halogenated alkanes) is 18. The van der Waals surface area contributed by atoms with Gasteiger partial charge in [0.1, 0.15) is 23.6 Å². The van der Waals surface area contributed by atoms with Crippen molar-refractivity contribution < 1.29 is 95.0 Å². The highest BCUT2D eigenvalue weighted by Crippen LogP contribution is 2.41. The Bertz CT molecular complexity index is 2210. The maximum absolute atomic E-state index is 14.2. The normalized spacial score (nSPS) is 34.1. The zero-order chi connectivity index (χ0) is 69.4. The monoisotopic (exact) mass is 1340 g/mol. The van der Waals surface area contributed by atoms with E-state index in [0.29, 0.717) is 19.3 Å². The average Bonchev–Trinajstić information content (AvgIpc) is 0.861. The molecule has 3 aliphatic heterocycles. The molecule has 4 aliphatic rings. The van der Waals surface area contributed by atoms with Crippen molar-refractivity contribution in [3.8, 4) is 0 Å². The molecule has 22 heteroatoms. The Morgan fingerprint density at radius 3 is 1.78 bits per heavy atom. The van der Waals surface area contributed by atoms with E-state index in [2.05, 4.69) is 23.3 Å². The largest absolute Gasteiger partial charge is 0.481 e. The van der Waals surface area contributed by atoms with Crippen molar-refractivity contribution in [3.05, 3.63) is 12.2 Å². The molecule has 0 aromatic rings. The van der Waals surface area contributed by atoms with Crippen LogP contribution < -0.4 is 0 Å². The number of ether oxygens (including phenoxy) is 7. The number of carboxylic acid groups (broad SMARTS) is 1. The van der Waals surface area contributed by atoms with Crippen LogP contribution in [0.5, 0.6) is 0 Å². The summed E-state index contributed by atoms with van der Waals surface area (Å²) in [6, 6.07) is -0.319. The van der Waals surface area contributed by atoms with Crippen LogP contribution in [0.1, 0.15) is 269 Å². The first-order chi connectivity index (χ1) is 43.2. The molecule has 0 spiro atoms. The lowest BCUT2D eigenvalue weighted by Gasteiger charge is -2.49. The summed E-state index contributed by atoms with van der Waals surface area (Å²) in [5.41, 5.74) is -4.92. The minimum Gasteiger partial charge on any atom is -0.481 e. The number of hydrogen-bond donors (Lipinski definition) is 6. The van der Waals surface area contributed by atoms with Gasteiger partial charge in [0.15, 0.2) is 18.7 Å². The number of carbonyl (C=O) groups is 4. The number of methoxy groups -OCH3 is 1. The molecule has 19 atom stereocenters. The van der Waals surface area contributed by atoms with Gasteiger partial charge in [0.05, 0.1) is 60.3 Å². The summed E-state index contributed by atoms with van der Waals surface area (Å²) in [5.74, 6) is -5.35. The van der Waals surface area contributed by atoms with Gasteiger partial charge in [-0.25, -0.2) is 4.18 Å². The van der Waals surface area contributed by atoms with E-state index < -0.39 is 130 Å². The van der Waals surface area contributed by atoms with E-state index in [1.165, 1.54) is 143 Å². The van der Waals surface area contributed by atoms with Crippen LogP contribution in [0.3, 0.4) is 0 Å². The SMILES string of the molecule is CCC(=O)OC1C(OC2C(C)C(OC3CC(C)(OC)C(O)C(C)O3)C(C)C(=O)OC(CC)C(C)(O)C(O)C(C)C(=O)C(C)CC2(C)O)OC(C)CC1N(C)C.CCCCCCCCCCCCOS(=O)(=O)O.O=C(O)CCCCCCCCCCCCC1C=CCC1. The van der Waals surface area contributed by atoms with Gasteiger partial charge in [-0.1, -0.05) is 169 Å². The summed E-state index contributed by atoms with van der Waals surface area (Å²) in [7, 11) is 0.973. The summed E-state index contributed by atoms with van der Waals surface area (Å²) >= 11 is 0. The lowest BCUT2D eigenvalue weighted by molar-refractivity contribution is -0.319. The van der Waals surface area contributed by atoms with Crippen molar-refractivity contribution in [2.24, 2.45) is 29.6 Å². The number of hydrogen-bond acceptors (Lipinski definition) is 19. The van der Waals surface area contributed by atoms with Gasteiger partial charge in [-0.2, -0.15) is 8.42 Å². The molecule has 3 fully saturated rings. The number of aliphatic carboxylic acids is 1. The number of allylic oxidation sites excluding steroid dienone is 2. The van der Waals surface area contributed by atoms with E-state index in [9.17, 15) is 48.0 Å². The molecule has 3 heterocycles. The van der Waals surface area contributed by atoms with Crippen molar-refractivity contribution in [3.63, 3.8) is 0 Å². The number of carboxylic acids is 1. The number of nitrogens with zero attached hydrogens (tertiary/aromatic N) is 1. The maximum Gasteiger partial charge on any atom is 0.397 e. The highest BCUT2D eigenvalue weighted by atomic mass is 32.3. The van der Waals surface area contributed by atoms with Crippen molar-refractivity contribution in [2.75, 3.05) is 27.8 Å². The van der Waals surface area contributed by atoms with Gasteiger partial charge in [0, 0.05) is 44.1 Å². The Balaban J connectivity index is 0.000000630. The molecule has 19 unspecified atom stereocenters. The number of Topliss-reactive ketones (excluding diaryl/α,β-unsaturated/α-hetero) is 1. The highest BCUT2D eigenvalue weighted by molar-refractivity contribution is 7.80. The summed E-state index contributed by atoms with van der Waals surface area (Å²) in [6.45, 7) is 20.3. The maximum atomic E-state index is 14.2. The van der Waals surface area contributed by atoms with Crippen LogP contribution in [0.25, 0.3) is 0 Å². The van der Waals surface area contributed by atoms with Gasteiger partial charge in [-0.3, -0.25) is 23.7 Å². The highest BCUT2D eigenvalue weighted by Gasteiger charge is 2.54. The second kappa shape index (κ2) is 43.5. The molecule has 540 valence electrons. The van der Waals surface area contributed by atoms with Gasteiger partial charge in [0.25, 0.3) is 0 Å². The Morgan fingerprint density at radius 1 is 0.728 bits per heavy atom. The molecule has 0 aromatic heterocycles. The van der Waals surface area contributed by atoms with Crippen molar-refractivity contribution in [1.29, 1.82) is 0 Å². The number of ketones is 1. The van der Waals surface area contributed by atoms with Crippen LogP contribution in [-0.2, 0) is 66.9 Å². The first-order valence-electron chi connectivity index (χ1n) is 35.3. The Kier molecular flexibility index (Phi) is 40.4. The summed E-state index contributed by atoms with van der Waals surface area (Å²) in [4.78, 5) is 53.2. The molecule has 0 radical (unpaired) electrons. The predicted octanol–water partition coefficient (Wildman–Crippen LogP) is 12.2. The van der Waals surface area contributed by atoms with E-state index in [4.69, 9.17) is 42.8 Å². The zero-order valence-electron chi connectivity index (χ0n) is 59.4. The van der Waals surface area contributed by atoms with Gasteiger partial charge in [0.2, 0.25) is 0 Å². The van der Waals surface area contributed by atoms with E-state index in [1.807, 2.05) is 25.9 Å². The Hall–Kier alpha value is -2.71. The van der Waals surface area contributed by atoms with Gasteiger partial charge in [-0.05, 0) is 113 Å². The van der Waals surface area contributed by atoms with Crippen LogP contribution in [0.2, 0.25) is 0 Å².